The molecule has 0 aliphatic carbocycles. The second-order valence-corrected chi connectivity index (χ2v) is 6.82. The predicted octanol–water partition coefficient (Wildman–Crippen LogP) is 3.45. The largest absolute Gasteiger partial charge is 0.339 e. The summed E-state index contributed by atoms with van der Waals surface area (Å²) in [5.74, 6) is 3.10. The van der Waals surface area contributed by atoms with E-state index in [9.17, 15) is 4.39 Å². The molecule has 1 fully saturated rings. The van der Waals surface area contributed by atoms with Crippen LogP contribution in [0.2, 0.25) is 0 Å². The van der Waals surface area contributed by atoms with Gasteiger partial charge in [-0.1, -0.05) is 12.1 Å². The van der Waals surface area contributed by atoms with Gasteiger partial charge < -0.3 is 9.84 Å². The summed E-state index contributed by atoms with van der Waals surface area (Å²) in [6.07, 6.45) is 0. The highest BCUT2D eigenvalue weighted by Gasteiger charge is 2.33. The van der Waals surface area contributed by atoms with Crippen molar-refractivity contribution >= 4 is 27.7 Å². The Morgan fingerprint density at radius 1 is 1.48 bits per heavy atom. The van der Waals surface area contributed by atoms with Crippen LogP contribution >= 0.6 is 27.7 Å². The summed E-state index contributed by atoms with van der Waals surface area (Å²) in [5.41, 5.74) is 0.733. The Hall–Kier alpha value is -0.920. The molecule has 2 heterocycles. The van der Waals surface area contributed by atoms with Gasteiger partial charge in [-0.2, -0.15) is 16.7 Å². The van der Waals surface area contributed by atoms with Crippen LogP contribution in [0.1, 0.15) is 18.7 Å². The fourth-order valence-electron chi connectivity index (χ4n) is 2.43. The van der Waals surface area contributed by atoms with Gasteiger partial charge in [-0.25, -0.2) is 4.39 Å². The Morgan fingerprint density at radius 3 is 3.10 bits per heavy atom. The first-order chi connectivity index (χ1) is 10.2. The van der Waals surface area contributed by atoms with Crippen molar-refractivity contribution in [3.63, 3.8) is 0 Å². The Labute approximate surface area is 135 Å². The molecule has 1 aromatic heterocycles. The normalized spacial score (nSPS) is 21.9. The van der Waals surface area contributed by atoms with E-state index in [1.807, 2.05) is 11.8 Å². The molecule has 1 aromatic carbocycles. The quantitative estimate of drug-likeness (QED) is 0.891. The maximum absolute atomic E-state index is 13.1. The zero-order valence-electron chi connectivity index (χ0n) is 11.5. The van der Waals surface area contributed by atoms with E-state index >= 15 is 0 Å². The van der Waals surface area contributed by atoms with Gasteiger partial charge in [0.2, 0.25) is 11.7 Å². The minimum absolute atomic E-state index is 0.232. The molecule has 2 aromatic rings. The van der Waals surface area contributed by atoms with Crippen molar-refractivity contribution in [2.75, 3.05) is 18.1 Å². The van der Waals surface area contributed by atoms with E-state index in [1.165, 1.54) is 12.1 Å². The molecule has 0 radical (unpaired) electrons. The topological polar surface area (TPSA) is 51.0 Å². The van der Waals surface area contributed by atoms with E-state index in [4.69, 9.17) is 4.52 Å². The third kappa shape index (κ3) is 3.14. The highest BCUT2D eigenvalue weighted by atomic mass is 79.9. The van der Waals surface area contributed by atoms with Gasteiger partial charge in [0.25, 0.3) is 0 Å². The highest BCUT2D eigenvalue weighted by molar-refractivity contribution is 9.10. The van der Waals surface area contributed by atoms with Crippen LogP contribution in [-0.2, 0) is 0 Å². The number of nitrogens with zero attached hydrogens (tertiary/aromatic N) is 2. The van der Waals surface area contributed by atoms with E-state index in [2.05, 4.69) is 38.3 Å². The zero-order valence-corrected chi connectivity index (χ0v) is 13.9. The summed E-state index contributed by atoms with van der Waals surface area (Å²) in [6.45, 7) is 3.02. The molecule has 7 heteroatoms. The Balaban J connectivity index is 1.86. The number of benzene rings is 1. The minimum atomic E-state index is -0.297. The van der Waals surface area contributed by atoms with Crippen LogP contribution in [0.15, 0.2) is 27.2 Å². The predicted molar refractivity (Wildman–Crippen MR) is 84.9 cm³/mol. The molecule has 0 spiro atoms. The lowest BCUT2D eigenvalue weighted by Crippen LogP contribution is -2.34. The standard InChI is InChI=1S/C14H15BrFN3OS/c1-2-17-12-7-21-6-10(12)14-18-13(19-20-14)9-4-3-8(16)5-11(9)15/h3-5,10,12,17H,2,6-7H2,1H3. The lowest BCUT2D eigenvalue weighted by molar-refractivity contribution is 0.340. The first-order valence-corrected chi connectivity index (χ1v) is 8.74. The first kappa shape index (κ1) is 15.0. The van der Waals surface area contributed by atoms with Gasteiger partial charge in [0.15, 0.2) is 0 Å². The number of hydrogen-bond acceptors (Lipinski definition) is 5. The fraction of sp³-hybridized carbons (Fsp3) is 0.429. The van der Waals surface area contributed by atoms with Gasteiger partial charge >= 0.3 is 0 Å². The van der Waals surface area contributed by atoms with Gasteiger partial charge in [-0.15, -0.1) is 0 Å². The van der Waals surface area contributed by atoms with Gasteiger partial charge in [-0.3, -0.25) is 0 Å². The molecular formula is C14H15BrFN3OS. The summed E-state index contributed by atoms with van der Waals surface area (Å²) >= 11 is 5.22. The summed E-state index contributed by atoms with van der Waals surface area (Å²) < 4.78 is 19.2. The Kier molecular flexibility index (Phi) is 4.61. The van der Waals surface area contributed by atoms with Crippen molar-refractivity contribution in [2.24, 2.45) is 0 Å². The smallest absolute Gasteiger partial charge is 0.232 e. The van der Waals surface area contributed by atoms with Crippen molar-refractivity contribution in [1.82, 2.24) is 15.5 Å². The fourth-order valence-corrected chi connectivity index (χ4v) is 4.32. The van der Waals surface area contributed by atoms with Crippen LogP contribution in [-0.4, -0.2) is 34.2 Å². The molecule has 0 bridgehead atoms. The number of rotatable bonds is 4. The van der Waals surface area contributed by atoms with Gasteiger partial charge in [0.1, 0.15) is 5.82 Å². The molecule has 3 rings (SSSR count). The molecule has 21 heavy (non-hydrogen) atoms. The van der Waals surface area contributed by atoms with Crippen LogP contribution in [0.3, 0.4) is 0 Å². The Morgan fingerprint density at radius 2 is 2.33 bits per heavy atom. The SMILES string of the molecule is CCNC1CSCC1c1nc(-c2ccc(F)cc2Br)no1. The molecule has 2 atom stereocenters. The number of likely N-dealkylation sites (N-methyl/N-ethyl adjacent to an activating group) is 1. The summed E-state index contributed by atoms with van der Waals surface area (Å²) in [5, 5.41) is 7.49. The molecule has 0 amide bonds. The first-order valence-electron chi connectivity index (χ1n) is 6.79. The number of aromatic nitrogens is 2. The molecule has 112 valence electrons. The molecule has 1 N–H and O–H groups in total. The van der Waals surface area contributed by atoms with Crippen LogP contribution in [0.5, 0.6) is 0 Å². The number of nitrogens with one attached hydrogen (secondary N) is 1. The summed E-state index contributed by atoms with van der Waals surface area (Å²) in [6, 6.07) is 4.81. The van der Waals surface area contributed by atoms with Crippen molar-refractivity contribution in [3.05, 3.63) is 34.4 Å². The van der Waals surface area contributed by atoms with Gasteiger partial charge in [-0.05, 0) is 40.7 Å². The van der Waals surface area contributed by atoms with Crippen LogP contribution < -0.4 is 5.32 Å². The van der Waals surface area contributed by atoms with E-state index in [0.29, 0.717) is 22.2 Å². The minimum Gasteiger partial charge on any atom is -0.339 e. The number of halogens is 2. The zero-order chi connectivity index (χ0) is 14.8. The van der Waals surface area contributed by atoms with Crippen LogP contribution in [0, 0.1) is 5.82 Å². The van der Waals surface area contributed by atoms with E-state index in [-0.39, 0.29) is 11.7 Å². The van der Waals surface area contributed by atoms with Crippen molar-refractivity contribution in [2.45, 2.75) is 18.9 Å². The van der Waals surface area contributed by atoms with E-state index < -0.39 is 0 Å². The second-order valence-electron chi connectivity index (χ2n) is 4.89. The molecule has 1 aliphatic rings. The van der Waals surface area contributed by atoms with E-state index in [0.717, 1.165) is 23.6 Å². The lowest BCUT2D eigenvalue weighted by Gasteiger charge is -2.15. The van der Waals surface area contributed by atoms with E-state index in [1.54, 1.807) is 6.07 Å². The summed E-state index contributed by atoms with van der Waals surface area (Å²) in [4.78, 5) is 4.50. The maximum atomic E-state index is 13.1. The molecule has 0 saturated carbocycles. The van der Waals surface area contributed by atoms with Crippen molar-refractivity contribution in [1.29, 1.82) is 0 Å². The van der Waals surface area contributed by atoms with Crippen molar-refractivity contribution in [3.8, 4) is 11.4 Å². The third-order valence-electron chi connectivity index (χ3n) is 3.48. The third-order valence-corrected chi connectivity index (χ3v) is 5.32. The molecule has 2 unspecified atom stereocenters. The monoisotopic (exact) mass is 371 g/mol. The maximum Gasteiger partial charge on any atom is 0.232 e. The second kappa shape index (κ2) is 6.46. The number of thioether (sulfide) groups is 1. The average Bonchev–Trinajstić information content (AvgIpc) is 3.07. The summed E-state index contributed by atoms with van der Waals surface area (Å²) in [7, 11) is 0. The lowest BCUT2D eigenvalue weighted by atomic mass is 10.0. The highest BCUT2D eigenvalue weighted by Crippen LogP contribution is 2.34. The van der Waals surface area contributed by atoms with Crippen LogP contribution in [0.25, 0.3) is 11.4 Å². The molecule has 4 nitrogen and oxygen atoms in total. The van der Waals surface area contributed by atoms with Gasteiger partial charge in [0.05, 0.1) is 5.92 Å². The average molecular weight is 372 g/mol. The van der Waals surface area contributed by atoms with Crippen LogP contribution in [0.4, 0.5) is 4.39 Å². The number of hydrogen-bond donors (Lipinski definition) is 1. The molecule has 1 aliphatic heterocycles. The molecular weight excluding hydrogens is 357 g/mol. The van der Waals surface area contributed by atoms with Gasteiger partial charge in [0, 0.05) is 27.6 Å². The Bertz CT molecular complexity index is 636. The molecule has 1 saturated heterocycles. The van der Waals surface area contributed by atoms with Crippen molar-refractivity contribution < 1.29 is 8.91 Å².